The molecule has 8 rings (SSSR count). The molecule has 0 aliphatic rings. The van der Waals surface area contributed by atoms with Crippen LogP contribution in [0.5, 0.6) is 23.0 Å². The molecule has 0 saturated heterocycles. The van der Waals surface area contributed by atoms with Crippen LogP contribution in [0, 0.1) is 17.5 Å². The number of ether oxygens (including phenoxy) is 2. The van der Waals surface area contributed by atoms with Crippen LogP contribution in [0.1, 0.15) is 23.6 Å². The topological polar surface area (TPSA) is 148 Å². The second-order valence-corrected chi connectivity index (χ2v) is 18.8. The van der Waals surface area contributed by atoms with Crippen molar-refractivity contribution in [1.29, 1.82) is 0 Å². The lowest BCUT2D eigenvalue weighted by Gasteiger charge is -2.26. The number of halogens is 3. The number of carbonyl (C=O) groups excluding carboxylic acids is 2. The van der Waals surface area contributed by atoms with E-state index in [-0.39, 0.29) is 31.1 Å². The predicted molar refractivity (Wildman–Crippen MR) is 254 cm³/mol. The highest BCUT2D eigenvalue weighted by Crippen LogP contribution is 2.50. The first-order chi connectivity index (χ1) is 33.3. The van der Waals surface area contributed by atoms with Crippen molar-refractivity contribution in [3.63, 3.8) is 0 Å². The highest BCUT2D eigenvalue weighted by Gasteiger charge is 2.39. The van der Waals surface area contributed by atoms with E-state index < -0.39 is 68.5 Å². The highest BCUT2D eigenvalue weighted by molar-refractivity contribution is 7.52. The molecule has 0 aliphatic heterocycles. The summed E-state index contributed by atoms with van der Waals surface area (Å²) in [5.41, 5.74) is 1.78. The highest BCUT2D eigenvalue weighted by atomic mass is 31.2. The monoisotopic (exact) mass is 974 g/mol. The fourth-order valence-electron chi connectivity index (χ4n) is 7.17. The van der Waals surface area contributed by atoms with E-state index in [0.29, 0.717) is 44.3 Å². The van der Waals surface area contributed by atoms with Gasteiger partial charge in [-0.05, 0) is 77.2 Å². The summed E-state index contributed by atoms with van der Waals surface area (Å²) >= 11 is 0. The summed E-state index contributed by atoms with van der Waals surface area (Å²) in [6.45, 7) is 1.12. The molecule has 0 saturated carbocycles. The molecule has 8 aromatic rings. The smallest absolute Gasteiger partial charge is 0.460 e. The Hall–Kier alpha value is -7.41. The molecule has 0 radical (unpaired) electrons. The van der Waals surface area contributed by atoms with Crippen molar-refractivity contribution in [1.82, 2.24) is 10.2 Å². The second kappa shape index (κ2) is 21.7. The lowest BCUT2D eigenvalue weighted by atomic mass is 9.98. The third kappa shape index (κ3) is 12.4. The van der Waals surface area contributed by atoms with Crippen molar-refractivity contribution in [2.45, 2.75) is 38.6 Å². The fraction of sp³-hybridized carbons (Fsp3) is 0.115. The van der Waals surface area contributed by atoms with Gasteiger partial charge in [-0.15, -0.1) is 0 Å². The molecule has 2 unspecified atom stereocenters. The summed E-state index contributed by atoms with van der Waals surface area (Å²) in [6.07, 6.45) is -0.279. The molecule has 0 aliphatic carbocycles. The minimum absolute atomic E-state index is 0.0392. The number of esters is 2. The summed E-state index contributed by atoms with van der Waals surface area (Å²) in [5.74, 6) is -5.71. The molecule has 2 N–H and O–H groups in total. The number of nitrogens with one attached hydrogen (secondary N) is 2. The maximum Gasteiger partial charge on any atom is 0.513 e. The molecule has 12 nitrogen and oxygen atoms in total. The van der Waals surface area contributed by atoms with Crippen molar-refractivity contribution in [2.75, 3.05) is 0 Å². The minimum atomic E-state index is -4.90. The third-order valence-electron chi connectivity index (χ3n) is 10.5. The normalized spacial score (nSPS) is 13.9. The average molecular weight is 975 g/mol. The average Bonchev–Trinajstić information content (AvgIpc) is 3.35. The standard InChI is InChI=1S/C52H43F3N2O10P2/c1-35(51(58)62-33-36-15-4-2-5-16-36)56-68(60,66-49-26-11-10-25-44(49)54)65-48-28-14-23-41-39(21-12-24-43(41)48)31-46(52(59)63-34-37-17-6-3-7-18-37)57-69(61,67-50-30-29-40(53)32-45(50)55)64-47-27-13-20-38-19-8-9-22-42(38)47/h2-30,32,35,46H,31,33-34H2,1H3,(H,56,60)(H,57,61)/t35-,46-,68?,69?/m0/s1. The summed E-state index contributed by atoms with van der Waals surface area (Å²) in [4.78, 5) is 27.5. The van der Waals surface area contributed by atoms with E-state index in [2.05, 4.69) is 10.2 Å². The van der Waals surface area contributed by atoms with Crippen LogP contribution in [-0.4, -0.2) is 24.0 Å². The second-order valence-electron chi connectivity index (χ2n) is 15.5. The predicted octanol–water partition coefficient (Wildman–Crippen LogP) is 12.2. The zero-order valence-corrected chi connectivity index (χ0v) is 38.5. The Morgan fingerprint density at radius 1 is 0.493 bits per heavy atom. The molecule has 4 atom stereocenters. The molecule has 352 valence electrons. The van der Waals surface area contributed by atoms with Gasteiger partial charge in [0.1, 0.15) is 42.6 Å². The molecule has 0 bridgehead atoms. The van der Waals surface area contributed by atoms with Crippen LogP contribution in [0.4, 0.5) is 13.2 Å². The van der Waals surface area contributed by atoms with Gasteiger partial charge < -0.3 is 27.6 Å². The molecule has 69 heavy (non-hydrogen) atoms. The van der Waals surface area contributed by atoms with Crippen LogP contribution < -0.4 is 28.3 Å². The van der Waals surface area contributed by atoms with E-state index >= 15 is 13.3 Å². The van der Waals surface area contributed by atoms with Crippen molar-refractivity contribution in [3.05, 3.63) is 216 Å². The van der Waals surface area contributed by atoms with Gasteiger partial charge in [0, 0.05) is 16.8 Å². The van der Waals surface area contributed by atoms with Crippen LogP contribution in [0.2, 0.25) is 0 Å². The lowest BCUT2D eigenvalue weighted by Crippen LogP contribution is -2.40. The Labute approximate surface area is 395 Å². The van der Waals surface area contributed by atoms with Gasteiger partial charge in [0.25, 0.3) is 0 Å². The minimum Gasteiger partial charge on any atom is -0.460 e. The zero-order chi connectivity index (χ0) is 48.4. The Morgan fingerprint density at radius 2 is 0.986 bits per heavy atom. The maximum atomic E-state index is 15.3. The van der Waals surface area contributed by atoms with Crippen molar-refractivity contribution in [3.8, 4) is 23.0 Å². The number of fused-ring (bicyclic) bond motifs is 2. The van der Waals surface area contributed by atoms with E-state index in [1.807, 2.05) is 6.07 Å². The lowest BCUT2D eigenvalue weighted by molar-refractivity contribution is -0.147. The van der Waals surface area contributed by atoms with E-state index in [0.717, 1.165) is 18.2 Å². The third-order valence-corrected chi connectivity index (χ3v) is 13.6. The van der Waals surface area contributed by atoms with Crippen LogP contribution in [0.3, 0.4) is 0 Å². The Kier molecular flexibility index (Phi) is 15.1. The van der Waals surface area contributed by atoms with Crippen LogP contribution >= 0.6 is 15.5 Å². The Bertz CT molecular complexity index is 3200. The SMILES string of the molecule is C[C@H](NP(=O)(Oc1ccccc1F)Oc1cccc2c(C[C@H](NP(=O)(Oc3ccc(F)cc3F)Oc3cccc4ccccc34)C(=O)OCc3ccccc3)cccc12)C(=O)OCc1ccccc1. The summed E-state index contributed by atoms with van der Waals surface area (Å²) in [5, 5.41) is 7.27. The molecule has 17 heteroatoms. The van der Waals surface area contributed by atoms with E-state index in [4.69, 9.17) is 27.6 Å². The molecule has 0 heterocycles. The van der Waals surface area contributed by atoms with Gasteiger partial charge >= 0.3 is 27.4 Å². The van der Waals surface area contributed by atoms with Crippen molar-refractivity contribution in [2.24, 2.45) is 0 Å². The van der Waals surface area contributed by atoms with Gasteiger partial charge in [-0.3, -0.25) is 9.59 Å². The van der Waals surface area contributed by atoms with Gasteiger partial charge in [0.2, 0.25) is 0 Å². The quantitative estimate of drug-likeness (QED) is 0.0553. The molecule has 0 fully saturated rings. The molecule has 0 spiro atoms. The fourth-order valence-corrected chi connectivity index (χ4v) is 10.3. The largest absolute Gasteiger partial charge is 0.513 e. The van der Waals surface area contributed by atoms with E-state index in [1.165, 1.54) is 37.3 Å². The number of rotatable bonds is 20. The summed E-state index contributed by atoms with van der Waals surface area (Å²) in [6, 6.07) is 44.2. The van der Waals surface area contributed by atoms with Crippen molar-refractivity contribution < 1.29 is 59.5 Å². The Balaban J connectivity index is 1.14. The van der Waals surface area contributed by atoms with Crippen LogP contribution in [0.15, 0.2) is 182 Å². The molecular weight excluding hydrogens is 932 g/mol. The van der Waals surface area contributed by atoms with Gasteiger partial charge in [0.05, 0.1) is 0 Å². The molecular formula is C52H43F3N2O10P2. The number of carbonyl (C=O) groups is 2. The zero-order valence-electron chi connectivity index (χ0n) is 36.7. The number of hydrogen-bond donors (Lipinski definition) is 2. The number of para-hydroxylation sites is 1. The van der Waals surface area contributed by atoms with Crippen LogP contribution in [-0.2, 0) is 47.8 Å². The molecule has 0 aromatic heterocycles. The first kappa shape index (κ1) is 48.1. The molecule has 0 amide bonds. The number of hydrogen-bond acceptors (Lipinski definition) is 10. The summed E-state index contributed by atoms with van der Waals surface area (Å²) < 4.78 is 109. The van der Waals surface area contributed by atoms with Gasteiger partial charge in [-0.25, -0.2) is 22.3 Å². The van der Waals surface area contributed by atoms with E-state index in [9.17, 15) is 18.5 Å². The van der Waals surface area contributed by atoms with E-state index in [1.54, 1.807) is 121 Å². The first-order valence-electron chi connectivity index (χ1n) is 21.5. The summed E-state index contributed by atoms with van der Waals surface area (Å²) in [7, 11) is -9.62. The van der Waals surface area contributed by atoms with Gasteiger partial charge in [0.15, 0.2) is 23.1 Å². The Morgan fingerprint density at radius 3 is 1.67 bits per heavy atom. The molecule has 8 aromatic carbocycles. The van der Waals surface area contributed by atoms with Crippen molar-refractivity contribution >= 4 is 49.0 Å². The number of benzene rings is 8. The van der Waals surface area contributed by atoms with Gasteiger partial charge in [-0.1, -0.05) is 140 Å². The van der Waals surface area contributed by atoms with Crippen LogP contribution in [0.25, 0.3) is 21.5 Å². The maximum absolute atomic E-state index is 15.3. The van der Waals surface area contributed by atoms with Gasteiger partial charge in [-0.2, -0.15) is 10.2 Å². The first-order valence-corrected chi connectivity index (χ1v) is 24.6.